The summed E-state index contributed by atoms with van der Waals surface area (Å²) in [6, 6.07) is 11.2. The third kappa shape index (κ3) is 1.42. The third-order valence-corrected chi connectivity index (χ3v) is 4.16. The number of hydrogen-bond acceptors (Lipinski definition) is 2. The van der Waals surface area contributed by atoms with Gasteiger partial charge in [0.25, 0.3) is 5.91 Å². The highest BCUT2D eigenvalue weighted by atomic mass is 16.2. The van der Waals surface area contributed by atoms with E-state index in [1.54, 1.807) is 4.90 Å². The van der Waals surface area contributed by atoms with E-state index in [2.05, 4.69) is 5.32 Å². The number of carbonyl (C=O) groups excluding carboxylic acids is 2. The van der Waals surface area contributed by atoms with E-state index in [-0.39, 0.29) is 17.9 Å². The van der Waals surface area contributed by atoms with E-state index >= 15 is 0 Å². The lowest BCUT2D eigenvalue weighted by atomic mass is 10.0. The molecule has 0 saturated carbocycles. The molecule has 4 heteroatoms. The van der Waals surface area contributed by atoms with Crippen LogP contribution in [0.4, 0.5) is 5.69 Å². The van der Waals surface area contributed by atoms with Crippen molar-refractivity contribution >= 4 is 28.3 Å². The Kier molecular flexibility index (Phi) is 2.33. The van der Waals surface area contributed by atoms with Crippen molar-refractivity contribution < 1.29 is 9.59 Å². The van der Waals surface area contributed by atoms with Crippen molar-refractivity contribution in [3.8, 4) is 0 Å². The minimum atomic E-state index is -0.380. The number of piperidine rings is 1. The van der Waals surface area contributed by atoms with E-state index in [1.165, 1.54) is 0 Å². The van der Waals surface area contributed by atoms with Crippen molar-refractivity contribution in [3.63, 3.8) is 0 Å². The van der Waals surface area contributed by atoms with Gasteiger partial charge in [0.1, 0.15) is 6.04 Å². The first-order valence-electron chi connectivity index (χ1n) is 6.90. The SMILES string of the molecule is O=C1NCCCC1N1C(=O)c2cccc3cccc1c23. The van der Waals surface area contributed by atoms with Crippen molar-refractivity contribution in [1.82, 2.24) is 5.32 Å². The molecular weight excluding hydrogens is 252 g/mol. The molecule has 4 nitrogen and oxygen atoms in total. The highest BCUT2D eigenvalue weighted by Crippen LogP contribution is 2.39. The van der Waals surface area contributed by atoms with Crippen molar-refractivity contribution in [2.45, 2.75) is 18.9 Å². The molecule has 0 spiro atoms. The third-order valence-electron chi connectivity index (χ3n) is 4.16. The van der Waals surface area contributed by atoms with Gasteiger partial charge in [-0.2, -0.15) is 0 Å². The van der Waals surface area contributed by atoms with Gasteiger partial charge in [0.2, 0.25) is 5.91 Å². The van der Waals surface area contributed by atoms with Crippen LogP contribution < -0.4 is 10.2 Å². The fraction of sp³-hybridized carbons (Fsp3) is 0.250. The van der Waals surface area contributed by atoms with Crippen LogP contribution in [0, 0.1) is 0 Å². The smallest absolute Gasteiger partial charge is 0.259 e. The summed E-state index contributed by atoms with van der Waals surface area (Å²) in [5.74, 6) is -0.103. The quantitative estimate of drug-likeness (QED) is 0.859. The summed E-state index contributed by atoms with van der Waals surface area (Å²) in [7, 11) is 0. The number of nitrogens with one attached hydrogen (secondary N) is 1. The van der Waals surface area contributed by atoms with Crippen LogP contribution >= 0.6 is 0 Å². The topological polar surface area (TPSA) is 49.4 Å². The molecule has 100 valence electrons. The van der Waals surface area contributed by atoms with E-state index in [1.807, 2.05) is 36.4 Å². The van der Waals surface area contributed by atoms with Crippen molar-refractivity contribution in [2.24, 2.45) is 0 Å². The molecule has 2 amide bonds. The van der Waals surface area contributed by atoms with Crippen molar-refractivity contribution in [2.75, 3.05) is 11.4 Å². The second-order valence-electron chi connectivity index (χ2n) is 5.31. The van der Waals surface area contributed by atoms with Crippen LogP contribution in [-0.4, -0.2) is 24.4 Å². The molecule has 0 bridgehead atoms. The molecule has 2 heterocycles. The zero-order valence-electron chi connectivity index (χ0n) is 10.9. The second-order valence-corrected chi connectivity index (χ2v) is 5.31. The molecule has 20 heavy (non-hydrogen) atoms. The van der Waals surface area contributed by atoms with Gasteiger partial charge in [0.15, 0.2) is 0 Å². The maximum absolute atomic E-state index is 12.7. The molecule has 2 aliphatic rings. The molecule has 1 unspecified atom stereocenters. The second kappa shape index (κ2) is 4.07. The van der Waals surface area contributed by atoms with Crippen LogP contribution in [0.15, 0.2) is 36.4 Å². The maximum Gasteiger partial charge on any atom is 0.259 e. The van der Waals surface area contributed by atoms with E-state index in [4.69, 9.17) is 0 Å². The molecule has 0 aliphatic carbocycles. The molecule has 2 aromatic rings. The number of rotatable bonds is 1. The van der Waals surface area contributed by atoms with Crippen LogP contribution in [0.5, 0.6) is 0 Å². The molecule has 0 aromatic heterocycles. The average Bonchev–Trinajstić information content (AvgIpc) is 2.76. The Morgan fingerprint density at radius 1 is 1.10 bits per heavy atom. The monoisotopic (exact) mass is 266 g/mol. The van der Waals surface area contributed by atoms with Crippen LogP contribution in [-0.2, 0) is 4.79 Å². The predicted octanol–water partition coefficient (Wildman–Crippen LogP) is 2.08. The number of benzene rings is 2. The Balaban J connectivity index is 1.90. The molecule has 4 rings (SSSR count). The Morgan fingerprint density at radius 3 is 2.70 bits per heavy atom. The van der Waals surface area contributed by atoms with Crippen molar-refractivity contribution in [3.05, 3.63) is 42.0 Å². The first kappa shape index (κ1) is 11.5. The summed E-state index contributed by atoms with van der Waals surface area (Å²) < 4.78 is 0. The molecular formula is C16H14N2O2. The van der Waals surface area contributed by atoms with Gasteiger partial charge < -0.3 is 5.32 Å². The predicted molar refractivity (Wildman–Crippen MR) is 76.8 cm³/mol. The lowest BCUT2D eigenvalue weighted by Gasteiger charge is -2.30. The summed E-state index contributed by atoms with van der Waals surface area (Å²) in [4.78, 5) is 26.4. The first-order chi connectivity index (χ1) is 9.77. The molecule has 2 aliphatic heterocycles. The fourth-order valence-electron chi connectivity index (χ4n) is 3.25. The Morgan fingerprint density at radius 2 is 1.90 bits per heavy atom. The minimum Gasteiger partial charge on any atom is -0.354 e. The first-order valence-corrected chi connectivity index (χ1v) is 6.90. The highest BCUT2D eigenvalue weighted by Gasteiger charge is 2.38. The van der Waals surface area contributed by atoms with Gasteiger partial charge in [-0.05, 0) is 30.4 Å². The number of carbonyl (C=O) groups is 2. The van der Waals surface area contributed by atoms with E-state index < -0.39 is 0 Å². The summed E-state index contributed by atoms with van der Waals surface area (Å²) in [5, 5.41) is 4.87. The summed E-state index contributed by atoms with van der Waals surface area (Å²) in [5.41, 5.74) is 1.57. The van der Waals surface area contributed by atoms with E-state index in [0.717, 1.165) is 29.3 Å². The molecule has 2 aromatic carbocycles. The highest BCUT2D eigenvalue weighted by molar-refractivity contribution is 6.26. The van der Waals surface area contributed by atoms with Gasteiger partial charge in [-0.25, -0.2) is 0 Å². The van der Waals surface area contributed by atoms with Gasteiger partial charge >= 0.3 is 0 Å². The summed E-state index contributed by atoms with van der Waals surface area (Å²) in [6.07, 6.45) is 1.63. The standard InChI is InChI=1S/C16H14N2O2/c19-15-13(8-3-9-17-15)18-12-7-2-5-10-4-1-6-11(14(10)12)16(18)20/h1-2,4-7,13H,3,8-9H2,(H,17,19). The number of amides is 2. The van der Waals surface area contributed by atoms with E-state index in [9.17, 15) is 9.59 Å². The Hall–Kier alpha value is -2.36. The van der Waals surface area contributed by atoms with Crippen molar-refractivity contribution in [1.29, 1.82) is 0 Å². The largest absolute Gasteiger partial charge is 0.354 e. The molecule has 1 atom stereocenters. The normalized spacial score (nSPS) is 21.4. The number of hydrogen-bond donors (Lipinski definition) is 1. The number of anilines is 1. The van der Waals surface area contributed by atoms with Gasteiger partial charge in [-0.3, -0.25) is 14.5 Å². The van der Waals surface area contributed by atoms with Crippen LogP contribution in [0.1, 0.15) is 23.2 Å². The van der Waals surface area contributed by atoms with Gasteiger partial charge in [0.05, 0.1) is 5.69 Å². The Labute approximate surface area is 116 Å². The van der Waals surface area contributed by atoms with Gasteiger partial charge in [-0.15, -0.1) is 0 Å². The maximum atomic E-state index is 12.7. The Bertz CT molecular complexity index is 733. The summed E-state index contributed by atoms with van der Waals surface area (Å²) in [6.45, 7) is 0.703. The molecule has 1 saturated heterocycles. The number of nitrogens with zero attached hydrogens (tertiary/aromatic N) is 1. The fourth-order valence-corrected chi connectivity index (χ4v) is 3.25. The molecule has 0 radical (unpaired) electrons. The lowest BCUT2D eigenvalue weighted by molar-refractivity contribution is -0.123. The van der Waals surface area contributed by atoms with Gasteiger partial charge in [-0.1, -0.05) is 24.3 Å². The lowest BCUT2D eigenvalue weighted by Crippen LogP contribution is -2.51. The van der Waals surface area contributed by atoms with Gasteiger partial charge in [0, 0.05) is 17.5 Å². The zero-order valence-corrected chi connectivity index (χ0v) is 10.9. The van der Waals surface area contributed by atoms with Crippen LogP contribution in [0.2, 0.25) is 0 Å². The zero-order chi connectivity index (χ0) is 13.7. The molecule has 1 fully saturated rings. The minimum absolute atomic E-state index is 0.0468. The van der Waals surface area contributed by atoms with E-state index in [0.29, 0.717) is 12.1 Å². The molecule has 1 N–H and O–H groups in total. The van der Waals surface area contributed by atoms with Crippen LogP contribution in [0.3, 0.4) is 0 Å². The summed E-state index contributed by atoms with van der Waals surface area (Å²) >= 11 is 0. The van der Waals surface area contributed by atoms with Crippen LogP contribution in [0.25, 0.3) is 10.8 Å². The average molecular weight is 266 g/mol.